The van der Waals surface area contributed by atoms with Crippen molar-refractivity contribution in [1.29, 1.82) is 0 Å². The maximum atomic E-state index is 11.8. The number of nitro groups is 1. The van der Waals surface area contributed by atoms with E-state index in [0.29, 0.717) is 9.26 Å². The third-order valence-electron chi connectivity index (χ3n) is 2.36. The lowest BCUT2D eigenvalue weighted by atomic mass is 10.2. The number of anilines is 1. The van der Waals surface area contributed by atoms with E-state index >= 15 is 0 Å². The van der Waals surface area contributed by atoms with Crippen LogP contribution in [0.25, 0.3) is 0 Å². The lowest BCUT2D eigenvalue weighted by Crippen LogP contribution is -2.41. The van der Waals surface area contributed by atoms with Gasteiger partial charge in [0.1, 0.15) is 6.04 Å². The predicted molar refractivity (Wildman–Crippen MR) is 82.2 cm³/mol. The first kappa shape index (κ1) is 15.7. The van der Waals surface area contributed by atoms with Crippen molar-refractivity contribution in [3.8, 4) is 0 Å². The van der Waals surface area contributed by atoms with Gasteiger partial charge in [-0.2, -0.15) is 0 Å². The lowest BCUT2D eigenvalue weighted by molar-refractivity contribution is -0.384. The third-order valence-corrected chi connectivity index (χ3v) is 3.25. The molecule has 1 aromatic carbocycles. The fourth-order valence-corrected chi connectivity index (χ4v) is 2.10. The van der Waals surface area contributed by atoms with Gasteiger partial charge in [-0.1, -0.05) is 0 Å². The van der Waals surface area contributed by atoms with Crippen molar-refractivity contribution in [3.63, 3.8) is 0 Å². The SMILES string of the molecule is CC(C)NC(=O)C(C)Nc1ccc([N+](=O)[O-])cc1I. The Morgan fingerprint density at radius 3 is 2.47 bits per heavy atom. The Balaban J connectivity index is 2.77. The largest absolute Gasteiger partial charge is 0.373 e. The molecule has 0 bridgehead atoms. The van der Waals surface area contributed by atoms with E-state index in [1.807, 2.05) is 36.4 Å². The Bertz CT molecular complexity index is 491. The molecule has 0 saturated carbocycles. The normalized spacial score (nSPS) is 12.1. The van der Waals surface area contributed by atoms with Crippen LogP contribution in [-0.2, 0) is 4.79 Å². The third kappa shape index (κ3) is 4.66. The highest BCUT2D eigenvalue weighted by Crippen LogP contribution is 2.24. The molecule has 1 amide bonds. The number of carbonyl (C=O) groups excluding carboxylic acids is 1. The van der Waals surface area contributed by atoms with Crippen molar-refractivity contribution in [1.82, 2.24) is 5.32 Å². The van der Waals surface area contributed by atoms with Crippen LogP contribution in [0.4, 0.5) is 11.4 Å². The van der Waals surface area contributed by atoms with Gasteiger partial charge in [0, 0.05) is 27.4 Å². The van der Waals surface area contributed by atoms with Crippen LogP contribution in [0.15, 0.2) is 18.2 Å². The second kappa shape index (κ2) is 6.69. The molecule has 0 fully saturated rings. The molecule has 0 spiro atoms. The van der Waals surface area contributed by atoms with Crippen LogP contribution in [0.1, 0.15) is 20.8 Å². The van der Waals surface area contributed by atoms with Crippen LogP contribution in [0.2, 0.25) is 0 Å². The molecule has 1 rings (SSSR count). The van der Waals surface area contributed by atoms with Crippen LogP contribution in [0.3, 0.4) is 0 Å². The van der Waals surface area contributed by atoms with Gasteiger partial charge in [0.15, 0.2) is 0 Å². The van der Waals surface area contributed by atoms with Gasteiger partial charge in [-0.25, -0.2) is 0 Å². The van der Waals surface area contributed by atoms with E-state index in [-0.39, 0.29) is 17.6 Å². The van der Waals surface area contributed by atoms with Crippen molar-refractivity contribution in [2.75, 3.05) is 5.32 Å². The zero-order valence-corrected chi connectivity index (χ0v) is 13.1. The molecule has 1 aromatic rings. The summed E-state index contributed by atoms with van der Waals surface area (Å²) in [7, 11) is 0. The first-order valence-electron chi connectivity index (χ1n) is 5.82. The highest BCUT2D eigenvalue weighted by molar-refractivity contribution is 14.1. The zero-order valence-electron chi connectivity index (χ0n) is 10.9. The van der Waals surface area contributed by atoms with Gasteiger partial charge >= 0.3 is 0 Å². The quantitative estimate of drug-likeness (QED) is 0.469. The summed E-state index contributed by atoms with van der Waals surface area (Å²) in [6.07, 6.45) is 0. The first-order valence-corrected chi connectivity index (χ1v) is 6.90. The van der Waals surface area contributed by atoms with Crippen molar-refractivity contribution in [2.24, 2.45) is 0 Å². The molecule has 0 radical (unpaired) electrons. The molecule has 0 heterocycles. The van der Waals surface area contributed by atoms with Gasteiger partial charge in [-0.05, 0) is 49.4 Å². The molecule has 0 aromatic heterocycles. The molecular weight excluding hydrogens is 361 g/mol. The van der Waals surface area contributed by atoms with Gasteiger partial charge in [0.2, 0.25) is 5.91 Å². The summed E-state index contributed by atoms with van der Waals surface area (Å²) in [5.74, 6) is -0.107. The van der Waals surface area contributed by atoms with Crippen LogP contribution < -0.4 is 10.6 Å². The minimum atomic E-state index is -0.444. The number of non-ortho nitro benzene ring substituents is 1. The van der Waals surface area contributed by atoms with Gasteiger partial charge < -0.3 is 10.6 Å². The summed E-state index contributed by atoms with van der Waals surface area (Å²) in [6.45, 7) is 5.52. The van der Waals surface area contributed by atoms with Crippen LogP contribution in [0, 0.1) is 13.7 Å². The summed E-state index contributed by atoms with van der Waals surface area (Å²) >= 11 is 2.00. The van der Waals surface area contributed by atoms with E-state index in [0.717, 1.165) is 0 Å². The van der Waals surface area contributed by atoms with Crippen molar-refractivity contribution >= 4 is 39.9 Å². The molecule has 0 saturated heterocycles. The topological polar surface area (TPSA) is 84.3 Å². The molecule has 0 aliphatic heterocycles. The highest BCUT2D eigenvalue weighted by Gasteiger charge is 2.16. The summed E-state index contributed by atoms with van der Waals surface area (Å²) in [6, 6.07) is 4.16. The molecule has 1 atom stereocenters. The Kier molecular flexibility index (Phi) is 5.52. The minimum absolute atomic E-state index is 0.0363. The summed E-state index contributed by atoms with van der Waals surface area (Å²) < 4.78 is 0.705. The van der Waals surface area contributed by atoms with Crippen molar-refractivity contribution in [3.05, 3.63) is 31.9 Å². The number of hydrogen-bond acceptors (Lipinski definition) is 4. The second-order valence-electron chi connectivity index (χ2n) is 4.45. The lowest BCUT2D eigenvalue weighted by Gasteiger charge is -2.17. The van der Waals surface area contributed by atoms with E-state index in [9.17, 15) is 14.9 Å². The molecule has 104 valence electrons. The van der Waals surface area contributed by atoms with Crippen LogP contribution >= 0.6 is 22.6 Å². The summed E-state index contributed by atoms with van der Waals surface area (Å²) in [5.41, 5.74) is 0.742. The monoisotopic (exact) mass is 377 g/mol. The Morgan fingerprint density at radius 1 is 1.37 bits per heavy atom. The number of benzene rings is 1. The molecule has 6 nitrogen and oxygen atoms in total. The number of rotatable bonds is 5. The Labute approximate surface area is 125 Å². The Hall–Kier alpha value is -1.38. The fourth-order valence-electron chi connectivity index (χ4n) is 1.44. The molecule has 2 N–H and O–H groups in total. The molecular formula is C12H16IN3O3. The number of hydrogen-bond donors (Lipinski definition) is 2. The zero-order chi connectivity index (χ0) is 14.6. The maximum absolute atomic E-state index is 11.8. The van der Waals surface area contributed by atoms with Gasteiger partial charge in [0.05, 0.1) is 4.92 Å². The molecule has 0 aliphatic rings. The second-order valence-corrected chi connectivity index (χ2v) is 5.61. The van der Waals surface area contributed by atoms with Crippen LogP contribution in [-0.4, -0.2) is 22.9 Å². The van der Waals surface area contributed by atoms with Crippen LogP contribution in [0.5, 0.6) is 0 Å². The molecule has 0 aliphatic carbocycles. The smallest absolute Gasteiger partial charge is 0.270 e. The number of carbonyl (C=O) groups is 1. The fraction of sp³-hybridized carbons (Fsp3) is 0.417. The van der Waals surface area contributed by atoms with E-state index in [4.69, 9.17) is 0 Å². The highest BCUT2D eigenvalue weighted by atomic mass is 127. The van der Waals surface area contributed by atoms with Gasteiger partial charge in [-0.3, -0.25) is 14.9 Å². The average Bonchev–Trinajstić information content (AvgIpc) is 2.30. The van der Waals surface area contributed by atoms with E-state index in [1.54, 1.807) is 13.0 Å². The molecule has 1 unspecified atom stereocenters. The van der Waals surface area contributed by atoms with Crippen molar-refractivity contribution in [2.45, 2.75) is 32.9 Å². The first-order chi connectivity index (χ1) is 8.81. The number of amides is 1. The minimum Gasteiger partial charge on any atom is -0.373 e. The molecule has 7 heteroatoms. The summed E-state index contributed by atoms with van der Waals surface area (Å²) in [4.78, 5) is 22.0. The molecule has 19 heavy (non-hydrogen) atoms. The number of nitrogens with one attached hydrogen (secondary N) is 2. The Morgan fingerprint density at radius 2 is 2.00 bits per heavy atom. The van der Waals surface area contributed by atoms with Gasteiger partial charge in [-0.15, -0.1) is 0 Å². The van der Waals surface area contributed by atoms with Gasteiger partial charge in [0.25, 0.3) is 5.69 Å². The van der Waals surface area contributed by atoms with E-state index in [2.05, 4.69) is 10.6 Å². The number of nitrogens with zero attached hydrogens (tertiary/aromatic N) is 1. The standard InChI is InChI=1S/C12H16IN3O3/c1-7(2)14-12(17)8(3)15-11-5-4-9(16(18)19)6-10(11)13/h4-8,15H,1-3H3,(H,14,17). The predicted octanol–water partition coefficient (Wildman–Crippen LogP) is 2.52. The average molecular weight is 377 g/mol. The summed E-state index contributed by atoms with van der Waals surface area (Å²) in [5, 5.41) is 16.5. The van der Waals surface area contributed by atoms with E-state index < -0.39 is 11.0 Å². The van der Waals surface area contributed by atoms with E-state index in [1.165, 1.54) is 12.1 Å². The van der Waals surface area contributed by atoms with Crippen molar-refractivity contribution < 1.29 is 9.72 Å². The maximum Gasteiger partial charge on any atom is 0.270 e. The number of halogens is 1. The number of nitro benzene ring substituents is 1.